The van der Waals surface area contributed by atoms with Gasteiger partial charge in [0.1, 0.15) is 5.60 Å². The van der Waals surface area contributed by atoms with Crippen molar-refractivity contribution >= 4 is 11.8 Å². The molecular weight excluding hydrogens is 334 g/mol. The summed E-state index contributed by atoms with van der Waals surface area (Å²) >= 11 is 0. The number of carbonyl (C=O) groups excluding carboxylic acids is 2. The molecule has 2 bridgehead atoms. The zero-order valence-electron chi connectivity index (χ0n) is 15.5. The van der Waals surface area contributed by atoms with Gasteiger partial charge in [-0.3, -0.25) is 9.59 Å². The minimum absolute atomic E-state index is 0.0459. The Labute approximate surface area is 154 Å². The summed E-state index contributed by atoms with van der Waals surface area (Å²) in [6.45, 7) is 4.56. The van der Waals surface area contributed by atoms with Crippen molar-refractivity contribution in [2.75, 3.05) is 52.9 Å². The number of aliphatic hydroxyl groups is 1. The highest BCUT2D eigenvalue weighted by atomic mass is 16.5. The summed E-state index contributed by atoms with van der Waals surface area (Å²) in [7, 11) is 1.68. The molecule has 0 saturated carbocycles. The molecule has 0 aromatic rings. The van der Waals surface area contributed by atoms with E-state index in [0.29, 0.717) is 13.1 Å². The molecule has 144 valence electrons. The first kappa shape index (κ1) is 17.9. The van der Waals surface area contributed by atoms with Crippen molar-refractivity contribution in [2.24, 2.45) is 11.8 Å². The fourth-order valence-corrected chi connectivity index (χ4v) is 5.01. The number of likely N-dealkylation sites (N-methyl/N-ethyl adjacent to an activating group) is 1. The van der Waals surface area contributed by atoms with Crippen LogP contribution in [0.15, 0.2) is 12.2 Å². The van der Waals surface area contributed by atoms with E-state index in [4.69, 9.17) is 9.84 Å². The Morgan fingerprint density at radius 3 is 2.85 bits per heavy atom. The molecule has 0 aromatic carbocycles. The Kier molecular flexibility index (Phi) is 4.79. The van der Waals surface area contributed by atoms with Gasteiger partial charge in [-0.1, -0.05) is 18.6 Å². The molecule has 3 saturated heterocycles. The second-order valence-corrected chi connectivity index (χ2v) is 8.05. The first-order valence-electron chi connectivity index (χ1n) is 9.80. The average molecular weight is 363 g/mol. The Hall–Kier alpha value is -1.44. The van der Waals surface area contributed by atoms with E-state index in [2.05, 4.69) is 4.90 Å². The maximum absolute atomic E-state index is 13.1. The lowest BCUT2D eigenvalue weighted by atomic mass is 9.76. The normalized spacial score (nSPS) is 36.0. The number of likely N-dealkylation sites (tertiary alicyclic amines) is 2. The van der Waals surface area contributed by atoms with Gasteiger partial charge in [0.2, 0.25) is 11.8 Å². The second-order valence-electron chi connectivity index (χ2n) is 8.05. The molecule has 4 aliphatic heterocycles. The topological polar surface area (TPSA) is 73.3 Å². The summed E-state index contributed by atoms with van der Waals surface area (Å²) in [5.41, 5.74) is -0.635. The van der Waals surface area contributed by atoms with Gasteiger partial charge in [0.15, 0.2) is 0 Å². The maximum atomic E-state index is 13.1. The van der Waals surface area contributed by atoms with E-state index in [1.165, 1.54) is 24.2 Å². The first-order chi connectivity index (χ1) is 12.6. The quantitative estimate of drug-likeness (QED) is 0.657. The number of fused-ring (bicyclic) bond motifs is 1. The average Bonchev–Trinajstić information content (AvgIpc) is 3.29. The van der Waals surface area contributed by atoms with Crippen LogP contribution in [0.4, 0.5) is 0 Å². The predicted octanol–water partition coefficient (Wildman–Crippen LogP) is -0.295. The largest absolute Gasteiger partial charge is 0.395 e. The molecule has 1 N–H and O–H groups in total. The van der Waals surface area contributed by atoms with Gasteiger partial charge >= 0.3 is 0 Å². The molecule has 2 amide bonds. The van der Waals surface area contributed by atoms with Crippen LogP contribution in [0.5, 0.6) is 0 Å². The molecule has 0 aliphatic carbocycles. The number of amides is 2. The molecule has 1 spiro atoms. The van der Waals surface area contributed by atoms with E-state index in [9.17, 15) is 9.59 Å². The Morgan fingerprint density at radius 2 is 2.12 bits per heavy atom. The van der Waals surface area contributed by atoms with Crippen molar-refractivity contribution in [3.05, 3.63) is 12.2 Å². The van der Waals surface area contributed by atoms with Crippen molar-refractivity contribution in [2.45, 2.75) is 31.0 Å². The highest BCUT2D eigenvalue weighted by Crippen LogP contribution is 2.52. The van der Waals surface area contributed by atoms with Gasteiger partial charge in [-0.25, -0.2) is 0 Å². The molecule has 4 atom stereocenters. The molecule has 4 rings (SSSR count). The SMILES string of the molecule is CN(CCO)C(=O)C1C2C(=O)N(CCN3CCCCC3)C[C@]23C=C[C@H]1O3. The molecule has 4 heterocycles. The molecule has 7 nitrogen and oxygen atoms in total. The van der Waals surface area contributed by atoms with E-state index < -0.39 is 17.4 Å². The number of rotatable bonds is 6. The van der Waals surface area contributed by atoms with Crippen LogP contribution in [0, 0.1) is 11.8 Å². The highest BCUT2D eigenvalue weighted by Gasteiger charge is 2.66. The molecule has 7 heteroatoms. The summed E-state index contributed by atoms with van der Waals surface area (Å²) < 4.78 is 6.14. The van der Waals surface area contributed by atoms with Crippen LogP contribution in [0.1, 0.15) is 19.3 Å². The predicted molar refractivity (Wildman–Crippen MR) is 95.3 cm³/mol. The van der Waals surface area contributed by atoms with Crippen molar-refractivity contribution in [3.63, 3.8) is 0 Å². The van der Waals surface area contributed by atoms with E-state index >= 15 is 0 Å². The zero-order chi connectivity index (χ0) is 18.3. The molecular formula is C19H29N3O4. The number of piperidine rings is 1. The van der Waals surface area contributed by atoms with Crippen molar-refractivity contribution in [1.29, 1.82) is 0 Å². The number of ether oxygens (including phenoxy) is 1. The Morgan fingerprint density at radius 1 is 1.35 bits per heavy atom. The lowest BCUT2D eigenvalue weighted by Crippen LogP contribution is -2.45. The van der Waals surface area contributed by atoms with E-state index in [-0.39, 0.29) is 31.1 Å². The summed E-state index contributed by atoms with van der Waals surface area (Å²) in [5.74, 6) is -0.951. The fraction of sp³-hybridized carbons (Fsp3) is 0.789. The monoisotopic (exact) mass is 363 g/mol. The molecule has 4 aliphatic rings. The van der Waals surface area contributed by atoms with Crippen LogP contribution >= 0.6 is 0 Å². The van der Waals surface area contributed by atoms with Gasteiger partial charge in [-0.15, -0.1) is 0 Å². The van der Waals surface area contributed by atoms with Gasteiger partial charge in [-0.05, 0) is 25.9 Å². The lowest BCUT2D eigenvalue weighted by Gasteiger charge is -2.29. The van der Waals surface area contributed by atoms with Gasteiger partial charge < -0.3 is 24.5 Å². The molecule has 0 radical (unpaired) electrons. The molecule has 26 heavy (non-hydrogen) atoms. The van der Waals surface area contributed by atoms with Gasteiger partial charge in [-0.2, -0.15) is 0 Å². The molecule has 0 aromatic heterocycles. The van der Waals surface area contributed by atoms with Gasteiger partial charge in [0.25, 0.3) is 0 Å². The number of hydrogen-bond acceptors (Lipinski definition) is 5. The van der Waals surface area contributed by atoms with Crippen molar-refractivity contribution in [1.82, 2.24) is 14.7 Å². The van der Waals surface area contributed by atoms with E-state index in [0.717, 1.165) is 19.6 Å². The highest BCUT2D eigenvalue weighted by molar-refractivity contribution is 5.93. The smallest absolute Gasteiger partial charge is 0.230 e. The standard InChI is InChI=1S/C19H29N3O4/c1-20(11-12-23)17(24)15-14-5-6-19(26-14)13-22(18(25)16(15)19)10-9-21-7-3-2-4-8-21/h5-6,14-16,23H,2-4,7-13H2,1H3/t14-,15?,16?,19-/m1/s1. The number of carbonyl (C=O) groups is 2. The fourth-order valence-electron chi connectivity index (χ4n) is 5.01. The third-order valence-electron chi connectivity index (χ3n) is 6.41. The molecule has 2 unspecified atom stereocenters. The van der Waals surface area contributed by atoms with E-state index in [1.807, 2.05) is 17.1 Å². The molecule has 3 fully saturated rings. The first-order valence-corrected chi connectivity index (χ1v) is 9.80. The van der Waals surface area contributed by atoms with Crippen LogP contribution in [0.2, 0.25) is 0 Å². The number of aliphatic hydroxyl groups excluding tert-OH is 1. The lowest BCUT2D eigenvalue weighted by molar-refractivity contribution is -0.142. The van der Waals surface area contributed by atoms with Crippen LogP contribution in [-0.2, 0) is 14.3 Å². The van der Waals surface area contributed by atoms with E-state index in [1.54, 1.807) is 7.05 Å². The summed E-state index contributed by atoms with van der Waals surface area (Å²) in [6, 6.07) is 0. The van der Waals surface area contributed by atoms with Crippen LogP contribution in [-0.4, -0.2) is 96.2 Å². The number of hydrogen-bond donors (Lipinski definition) is 1. The Balaban J connectivity index is 1.45. The van der Waals surface area contributed by atoms with Crippen LogP contribution < -0.4 is 0 Å². The second kappa shape index (κ2) is 6.94. The van der Waals surface area contributed by atoms with Crippen LogP contribution in [0.3, 0.4) is 0 Å². The minimum atomic E-state index is -0.635. The summed E-state index contributed by atoms with van der Waals surface area (Å²) in [6.07, 6.45) is 7.39. The van der Waals surface area contributed by atoms with Gasteiger partial charge in [0, 0.05) is 26.7 Å². The third-order valence-corrected chi connectivity index (χ3v) is 6.41. The summed E-state index contributed by atoms with van der Waals surface area (Å²) in [5, 5.41) is 9.12. The minimum Gasteiger partial charge on any atom is -0.395 e. The summed E-state index contributed by atoms with van der Waals surface area (Å²) in [4.78, 5) is 31.8. The zero-order valence-corrected chi connectivity index (χ0v) is 15.5. The van der Waals surface area contributed by atoms with Crippen molar-refractivity contribution < 1.29 is 19.4 Å². The van der Waals surface area contributed by atoms with Crippen molar-refractivity contribution in [3.8, 4) is 0 Å². The third kappa shape index (κ3) is 2.86. The van der Waals surface area contributed by atoms with Crippen LogP contribution in [0.25, 0.3) is 0 Å². The maximum Gasteiger partial charge on any atom is 0.230 e. The van der Waals surface area contributed by atoms with Gasteiger partial charge in [0.05, 0.1) is 31.1 Å². The number of nitrogens with zero attached hydrogens (tertiary/aromatic N) is 3. The Bertz CT molecular complexity index is 604.